The van der Waals surface area contributed by atoms with Crippen LogP contribution in [0.5, 0.6) is 0 Å². The number of ketones is 1. The molecule has 1 radical (unpaired) electrons. The third-order valence-electron chi connectivity index (χ3n) is 2.91. The molecule has 4 nitrogen and oxygen atoms in total. The van der Waals surface area contributed by atoms with E-state index in [9.17, 15) is 9.59 Å². The van der Waals surface area contributed by atoms with Gasteiger partial charge in [0.1, 0.15) is 0 Å². The van der Waals surface area contributed by atoms with Crippen LogP contribution in [0.15, 0.2) is 0 Å². The van der Waals surface area contributed by atoms with Gasteiger partial charge in [-0.2, -0.15) is 0 Å². The molecule has 0 saturated carbocycles. The highest BCUT2D eigenvalue weighted by Crippen LogP contribution is 2.33. The summed E-state index contributed by atoms with van der Waals surface area (Å²) < 4.78 is 5.27. The van der Waals surface area contributed by atoms with Gasteiger partial charge in [-0.15, -0.1) is 0 Å². The van der Waals surface area contributed by atoms with Gasteiger partial charge in [-0.25, -0.2) is 0 Å². The Balaban J connectivity index is 2.28. The van der Waals surface area contributed by atoms with Crippen LogP contribution in [0.25, 0.3) is 0 Å². The van der Waals surface area contributed by atoms with Crippen molar-refractivity contribution < 1.29 is 14.3 Å². The second-order valence-corrected chi connectivity index (χ2v) is 3.86. The van der Waals surface area contributed by atoms with Crippen molar-refractivity contribution in [1.82, 2.24) is 4.90 Å². The van der Waals surface area contributed by atoms with Crippen LogP contribution in [0.3, 0.4) is 0 Å². The maximum Gasteiger partial charge on any atom is 0.307 e. The molecule has 2 fully saturated rings. The summed E-state index contributed by atoms with van der Waals surface area (Å²) in [5.74, 6) is -0.246. The summed E-state index contributed by atoms with van der Waals surface area (Å²) in [5.41, 5.74) is -1.03. The zero-order valence-corrected chi connectivity index (χ0v) is 8.28. The number of hydrogen-bond donors (Lipinski definition) is 0. The van der Waals surface area contributed by atoms with Crippen molar-refractivity contribution >= 4 is 11.8 Å². The Hall–Kier alpha value is -0.900. The maximum atomic E-state index is 11.8. The van der Waals surface area contributed by atoms with E-state index in [-0.39, 0.29) is 11.8 Å². The molecule has 1 unspecified atom stereocenters. The van der Waals surface area contributed by atoms with Gasteiger partial charge in [0.2, 0.25) is 5.72 Å². The zero-order chi connectivity index (χ0) is 10.2. The monoisotopic (exact) mass is 196 g/mol. The van der Waals surface area contributed by atoms with E-state index >= 15 is 0 Å². The molecule has 0 aromatic carbocycles. The minimum Gasteiger partial charge on any atom is -0.436 e. The minimum atomic E-state index is -1.03. The molecule has 1 atom stereocenters. The van der Waals surface area contributed by atoms with Crippen LogP contribution in [0.1, 0.15) is 25.7 Å². The predicted octanol–water partition coefficient (Wildman–Crippen LogP) is 0.519. The molecule has 1 spiro atoms. The average Bonchev–Trinajstić information content (AvgIpc) is 2.41. The molecule has 2 saturated heterocycles. The number of likely N-dealkylation sites (tertiary alicyclic amines) is 1. The second kappa shape index (κ2) is 3.35. The summed E-state index contributed by atoms with van der Waals surface area (Å²) in [4.78, 5) is 25.0. The second-order valence-electron chi connectivity index (χ2n) is 3.86. The van der Waals surface area contributed by atoms with Crippen LogP contribution in [0.2, 0.25) is 0 Å². The van der Waals surface area contributed by atoms with E-state index in [2.05, 4.69) is 0 Å². The van der Waals surface area contributed by atoms with Gasteiger partial charge in [-0.3, -0.25) is 14.5 Å². The van der Waals surface area contributed by atoms with E-state index < -0.39 is 5.72 Å². The van der Waals surface area contributed by atoms with Crippen LogP contribution in [0.4, 0.5) is 0 Å². The number of likely N-dealkylation sites (N-methyl/N-ethyl adjacent to an activating group) is 1. The van der Waals surface area contributed by atoms with Crippen LogP contribution >= 0.6 is 0 Å². The lowest BCUT2D eigenvalue weighted by molar-refractivity contribution is -0.174. The molecular formula is C10H14NO3. The third kappa shape index (κ3) is 1.34. The number of carbonyl (C=O) groups excluding carboxylic acids is 2. The SMILES string of the molecule is CN1CC[CH]C12OC(=O)CCCC2=O. The average molecular weight is 196 g/mol. The summed E-state index contributed by atoms with van der Waals surface area (Å²) in [7, 11) is 1.82. The Morgan fingerprint density at radius 2 is 2.21 bits per heavy atom. The van der Waals surface area contributed by atoms with Gasteiger partial charge >= 0.3 is 5.97 Å². The molecule has 0 aromatic rings. The van der Waals surface area contributed by atoms with Crippen LogP contribution < -0.4 is 0 Å². The van der Waals surface area contributed by atoms with E-state index in [0.717, 1.165) is 13.0 Å². The Morgan fingerprint density at radius 3 is 2.86 bits per heavy atom. The summed E-state index contributed by atoms with van der Waals surface area (Å²) in [6, 6.07) is 0. The van der Waals surface area contributed by atoms with Gasteiger partial charge in [0.15, 0.2) is 5.78 Å². The number of rotatable bonds is 0. The number of hydrogen-bond acceptors (Lipinski definition) is 4. The summed E-state index contributed by atoms with van der Waals surface area (Å²) in [6.07, 6.45) is 4.02. The number of esters is 1. The fraction of sp³-hybridized carbons (Fsp3) is 0.700. The van der Waals surface area contributed by atoms with E-state index in [0.29, 0.717) is 19.3 Å². The highest BCUT2D eigenvalue weighted by molar-refractivity contribution is 5.92. The first-order valence-electron chi connectivity index (χ1n) is 4.96. The molecule has 2 aliphatic rings. The first-order chi connectivity index (χ1) is 6.65. The molecule has 77 valence electrons. The van der Waals surface area contributed by atoms with Gasteiger partial charge in [-0.05, 0) is 19.9 Å². The highest BCUT2D eigenvalue weighted by Gasteiger charge is 2.49. The molecule has 0 aliphatic carbocycles. The smallest absolute Gasteiger partial charge is 0.307 e. The standard InChI is InChI=1S/C10H14NO3/c1-11-7-3-6-10(11)8(12)4-2-5-9(13)14-10/h6H,2-5,7H2,1H3. The third-order valence-corrected chi connectivity index (χ3v) is 2.91. The maximum absolute atomic E-state index is 11.8. The predicted molar refractivity (Wildman–Crippen MR) is 49.2 cm³/mol. The molecule has 0 aromatic heterocycles. The van der Waals surface area contributed by atoms with Gasteiger partial charge in [-0.1, -0.05) is 0 Å². The van der Waals surface area contributed by atoms with E-state index in [4.69, 9.17) is 4.74 Å². The molecule has 2 aliphatic heterocycles. The first-order valence-corrected chi connectivity index (χ1v) is 4.96. The lowest BCUT2D eigenvalue weighted by Gasteiger charge is -2.32. The number of Topliss-reactive ketones (excluding diaryl/α,β-unsaturated/α-hetero) is 1. The Bertz CT molecular complexity index is 277. The highest BCUT2D eigenvalue weighted by atomic mass is 16.6. The number of ether oxygens (including phenoxy) is 1. The Kier molecular flexibility index (Phi) is 2.31. The molecule has 0 N–H and O–H groups in total. The molecule has 4 heteroatoms. The first kappa shape index (κ1) is 9.65. The lowest BCUT2D eigenvalue weighted by atomic mass is 10.0. The van der Waals surface area contributed by atoms with Crippen molar-refractivity contribution in [2.45, 2.75) is 31.4 Å². The van der Waals surface area contributed by atoms with Crippen molar-refractivity contribution in [2.24, 2.45) is 0 Å². The van der Waals surface area contributed by atoms with Gasteiger partial charge in [0.05, 0.1) is 0 Å². The topological polar surface area (TPSA) is 46.6 Å². The van der Waals surface area contributed by atoms with Gasteiger partial charge in [0, 0.05) is 25.8 Å². The molecule has 0 amide bonds. The van der Waals surface area contributed by atoms with E-state index in [1.807, 2.05) is 18.4 Å². The normalized spacial score (nSPS) is 34.6. The molecule has 14 heavy (non-hydrogen) atoms. The van der Waals surface area contributed by atoms with Crippen molar-refractivity contribution in [1.29, 1.82) is 0 Å². The fourth-order valence-corrected chi connectivity index (χ4v) is 2.08. The quantitative estimate of drug-likeness (QED) is 0.530. The van der Waals surface area contributed by atoms with Crippen LogP contribution in [0, 0.1) is 6.42 Å². The van der Waals surface area contributed by atoms with E-state index in [1.54, 1.807) is 0 Å². The Morgan fingerprint density at radius 1 is 1.43 bits per heavy atom. The fourth-order valence-electron chi connectivity index (χ4n) is 2.08. The number of carbonyl (C=O) groups is 2. The lowest BCUT2D eigenvalue weighted by Crippen LogP contribution is -2.51. The summed E-state index contributed by atoms with van der Waals surface area (Å²) >= 11 is 0. The Labute approximate surface area is 83.2 Å². The van der Waals surface area contributed by atoms with Crippen LogP contribution in [-0.2, 0) is 14.3 Å². The van der Waals surface area contributed by atoms with Crippen molar-refractivity contribution in [2.75, 3.05) is 13.6 Å². The minimum absolute atomic E-state index is 0.0170. The number of nitrogens with zero attached hydrogens (tertiary/aromatic N) is 1. The van der Waals surface area contributed by atoms with Gasteiger partial charge in [0.25, 0.3) is 0 Å². The molecule has 2 rings (SSSR count). The van der Waals surface area contributed by atoms with Crippen molar-refractivity contribution in [3.63, 3.8) is 0 Å². The van der Waals surface area contributed by atoms with Crippen LogP contribution in [-0.4, -0.2) is 36.0 Å². The van der Waals surface area contributed by atoms with Gasteiger partial charge < -0.3 is 4.74 Å². The summed E-state index contributed by atoms with van der Waals surface area (Å²) in [5, 5.41) is 0. The van der Waals surface area contributed by atoms with Crippen molar-refractivity contribution in [3.8, 4) is 0 Å². The van der Waals surface area contributed by atoms with E-state index in [1.165, 1.54) is 0 Å². The largest absolute Gasteiger partial charge is 0.436 e. The molecule has 2 heterocycles. The van der Waals surface area contributed by atoms with Crippen molar-refractivity contribution in [3.05, 3.63) is 6.42 Å². The zero-order valence-electron chi connectivity index (χ0n) is 8.28. The summed E-state index contributed by atoms with van der Waals surface area (Å²) in [6.45, 7) is 0.777. The molecule has 0 bridgehead atoms. The molecular weight excluding hydrogens is 182 g/mol.